The molecule has 0 radical (unpaired) electrons. The number of hydrogen-bond acceptors (Lipinski definition) is 2. The van der Waals surface area contributed by atoms with Crippen LogP contribution in [0.2, 0.25) is 0 Å². The van der Waals surface area contributed by atoms with Gasteiger partial charge in [0, 0.05) is 6.42 Å². The third-order valence-corrected chi connectivity index (χ3v) is 3.76. The monoisotopic (exact) mass is 267 g/mol. The molecule has 1 rings (SSSR count). The lowest BCUT2D eigenvalue weighted by Crippen LogP contribution is -2.17. The zero-order valence-electron chi connectivity index (χ0n) is 13.3. The van der Waals surface area contributed by atoms with Gasteiger partial charge in [0.25, 0.3) is 0 Å². The van der Waals surface area contributed by atoms with Crippen molar-refractivity contribution < 1.29 is 4.74 Å². The maximum atomic E-state index is 5.60. The summed E-state index contributed by atoms with van der Waals surface area (Å²) in [5.41, 5.74) is 0.0216. The van der Waals surface area contributed by atoms with Crippen molar-refractivity contribution in [3.05, 3.63) is 0 Å². The number of hydrogen-bond donors (Lipinski definition) is 0. The van der Waals surface area contributed by atoms with Crippen LogP contribution in [0.15, 0.2) is 4.99 Å². The lowest BCUT2D eigenvalue weighted by molar-refractivity contribution is 0.273. The molecule has 0 aromatic heterocycles. The molecule has 112 valence electrons. The highest BCUT2D eigenvalue weighted by atomic mass is 16.5. The number of unbranched alkanes of at least 4 members (excludes halogenated alkanes) is 9. The third-order valence-electron chi connectivity index (χ3n) is 3.76. The van der Waals surface area contributed by atoms with Crippen LogP contribution < -0.4 is 0 Å². The van der Waals surface area contributed by atoms with Gasteiger partial charge in [-0.25, -0.2) is 4.99 Å². The quantitative estimate of drug-likeness (QED) is 0.453. The van der Waals surface area contributed by atoms with Gasteiger partial charge in [0.05, 0.1) is 5.54 Å². The molecular weight excluding hydrogens is 234 g/mol. The van der Waals surface area contributed by atoms with Crippen molar-refractivity contribution in [2.45, 2.75) is 96.9 Å². The Morgan fingerprint density at radius 3 is 1.89 bits per heavy atom. The first kappa shape index (κ1) is 16.5. The first-order chi connectivity index (χ1) is 9.14. The van der Waals surface area contributed by atoms with E-state index in [-0.39, 0.29) is 5.54 Å². The molecule has 2 heteroatoms. The summed E-state index contributed by atoms with van der Waals surface area (Å²) in [7, 11) is 0. The fourth-order valence-corrected chi connectivity index (χ4v) is 2.55. The van der Waals surface area contributed by atoms with Gasteiger partial charge < -0.3 is 4.74 Å². The topological polar surface area (TPSA) is 21.6 Å². The minimum Gasteiger partial charge on any atom is -0.478 e. The van der Waals surface area contributed by atoms with Crippen LogP contribution in [0, 0.1) is 0 Å². The Kier molecular flexibility index (Phi) is 8.16. The van der Waals surface area contributed by atoms with Crippen molar-refractivity contribution in [2.24, 2.45) is 4.99 Å². The second-order valence-corrected chi connectivity index (χ2v) is 6.54. The van der Waals surface area contributed by atoms with Gasteiger partial charge >= 0.3 is 0 Å². The van der Waals surface area contributed by atoms with Crippen molar-refractivity contribution in [1.29, 1.82) is 0 Å². The lowest BCUT2D eigenvalue weighted by Gasteiger charge is -2.07. The molecule has 1 heterocycles. The van der Waals surface area contributed by atoms with Crippen molar-refractivity contribution in [2.75, 3.05) is 6.61 Å². The van der Waals surface area contributed by atoms with Crippen LogP contribution in [0.5, 0.6) is 0 Å². The summed E-state index contributed by atoms with van der Waals surface area (Å²) in [4.78, 5) is 4.59. The molecule has 0 saturated carbocycles. The highest BCUT2D eigenvalue weighted by Crippen LogP contribution is 2.19. The average Bonchev–Trinajstić information content (AvgIpc) is 2.71. The Morgan fingerprint density at radius 2 is 1.42 bits per heavy atom. The second kappa shape index (κ2) is 9.39. The minimum absolute atomic E-state index is 0.0216. The smallest absolute Gasteiger partial charge is 0.183 e. The Balaban J connectivity index is 1.84. The van der Waals surface area contributed by atoms with E-state index in [1.54, 1.807) is 0 Å². The molecule has 0 aliphatic carbocycles. The summed E-state index contributed by atoms with van der Waals surface area (Å²) in [6, 6.07) is 0. The minimum atomic E-state index is 0.0216. The summed E-state index contributed by atoms with van der Waals surface area (Å²) in [6.45, 7) is 7.32. The molecule has 0 bridgehead atoms. The maximum absolute atomic E-state index is 5.60. The molecule has 0 atom stereocenters. The second-order valence-electron chi connectivity index (χ2n) is 6.54. The summed E-state index contributed by atoms with van der Waals surface area (Å²) in [5, 5.41) is 0. The number of aliphatic imine (C=N–C) groups is 1. The maximum Gasteiger partial charge on any atom is 0.183 e. The van der Waals surface area contributed by atoms with Crippen LogP contribution in [0.4, 0.5) is 0 Å². The fraction of sp³-hybridized carbons (Fsp3) is 0.941. The van der Waals surface area contributed by atoms with Crippen LogP contribution in [0.3, 0.4) is 0 Å². The molecule has 2 nitrogen and oxygen atoms in total. The van der Waals surface area contributed by atoms with E-state index in [0.29, 0.717) is 0 Å². The Morgan fingerprint density at radius 1 is 0.895 bits per heavy atom. The van der Waals surface area contributed by atoms with E-state index in [4.69, 9.17) is 4.74 Å². The van der Waals surface area contributed by atoms with E-state index in [0.717, 1.165) is 18.9 Å². The summed E-state index contributed by atoms with van der Waals surface area (Å²) in [6.07, 6.45) is 14.9. The molecule has 0 aromatic rings. The standard InChI is InChI=1S/C17H33NO/c1-4-5-6-7-8-9-10-11-12-13-14-16-18-17(2,3)15-19-16/h4-15H2,1-3H3. The summed E-state index contributed by atoms with van der Waals surface area (Å²) < 4.78 is 5.60. The number of ether oxygens (including phenoxy) is 1. The van der Waals surface area contributed by atoms with Crippen LogP contribution in [0.25, 0.3) is 0 Å². The van der Waals surface area contributed by atoms with Gasteiger partial charge in [0.2, 0.25) is 0 Å². The van der Waals surface area contributed by atoms with E-state index < -0.39 is 0 Å². The molecule has 0 spiro atoms. The Hall–Kier alpha value is -0.530. The van der Waals surface area contributed by atoms with Gasteiger partial charge in [0.15, 0.2) is 5.90 Å². The highest BCUT2D eigenvalue weighted by molar-refractivity contribution is 5.78. The van der Waals surface area contributed by atoms with Gasteiger partial charge in [-0.15, -0.1) is 0 Å². The number of rotatable bonds is 11. The molecule has 0 aromatic carbocycles. The first-order valence-electron chi connectivity index (χ1n) is 8.35. The Labute approximate surface area is 120 Å². The first-order valence-corrected chi connectivity index (χ1v) is 8.35. The average molecular weight is 267 g/mol. The van der Waals surface area contributed by atoms with E-state index >= 15 is 0 Å². The molecule has 1 aliphatic rings. The van der Waals surface area contributed by atoms with Crippen LogP contribution in [0.1, 0.15) is 91.4 Å². The van der Waals surface area contributed by atoms with Gasteiger partial charge in [-0.1, -0.05) is 64.7 Å². The molecule has 1 aliphatic heterocycles. The normalized spacial score (nSPS) is 17.3. The van der Waals surface area contributed by atoms with Gasteiger partial charge in [0.1, 0.15) is 6.61 Å². The molecule has 19 heavy (non-hydrogen) atoms. The molecule has 0 amide bonds. The zero-order chi connectivity index (χ0) is 14.0. The van der Waals surface area contributed by atoms with Gasteiger partial charge in [-0.2, -0.15) is 0 Å². The van der Waals surface area contributed by atoms with Crippen LogP contribution in [-0.2, 0) is 4.74 Å². The molecule has 0 saturated heterocycles. The van der Waals surface area contributed by atoms with Gasteiger partial charge in [-0.3, -0.25) is 0 Å². The highest BCUT2D eigenvalue weighted by Gasteiger charge is 2.25. The summed E-state index contributed by atoms with van der Waals surface area (Å²) in [5.74, 6) is 0.990. The van der Waals surface area contributed by atoms with E-state index in [1.807, 2.05) is 0 Å². The predicted molar refractivity (Wildman–Crippen MR) is 83.9 cm³/mol. The summed E-state index contributed by atoms with van der Waals surface area (Å²) >= 11 is 0. The molecular formula is C17H33NO. The third kappa shape index (κ3) is 8.28. The molecule has 0 fully saturated rings. The fourth-order valence-electron chi connectivity index (χ4n) is 2.55. The van der Waals surface area contributed by atoms with Crippen molar-refractivity contribution in [1.82, 2.24) is 0 Å². The van der Waals surface area contributed by atoms with E-state index in [9.17, 15) is 0 Å². The molecule has 0 unspecified atom stereocenters. The predicted octanol–water partition coefficient (Wildman–Crippen LogP) is 5.50. The molecule has 0 N–H and O–H groups in total. The van der Waals surface area contributed by atoms with E-state index in [2.05, 4.69) is 25.8 Å². The van der Waals surface area contributed by atoms with Gasteiger partial charge in [-0.05, 0) is 20.3 Å². The van der Waals surface area contributed by atoms with E-state index in [1.165, 1.54) is 64.2 Å². The lowest BCUT2D eigenvalue weighted by atomic mass is 10.1. The van der Waals surface area contributed by atoms with Crippen LogP contribution >= 0.6 is 0 Å². The Bertz CT molecular complexity index is 258. The largest absolute Gasteiger partial charge is 0.478 e. The SMILES string of the molecule is CCCCCCCCCCCCC1=NC(C)(C)CO1. The van der Waals surface area contributed by atoms with Crippen molar-refractivity contribution in [3.63, 3.8) is 0 Å². The zero-order valence-corrected chi connectivity index (χ0v) is 13.3. The van der Waals surface area contributed by atoms with Crippen molar-refractivity contribution >= 4 is 5.90 Å². The van der Waals surface area contributed by atoms with Crippen LogP contribution in [-0.4, -0.2) is 18.0 Å². The number of nitrogens with zero attached hydrogens (tertiary/aromatic N) is 1. The van der Waals surface area contributed by atoms with Crippen molar-refractivity contribution in [3.8, 4) is 0 Å².